The first-order valence-electron chi connectivity index (χ1n) is 8.11. The molecule has 26 heavy (non-hydrogen) atoms. The van der Waals surface area contributed by atoms with Crippen molar-refractivity contribution >= 4 is 18.0 Å². The maximum Gasteiger partial charge on any atom is 0.305 e. The summed E-state index contributed by atoms with van der Waals surface area (Å²) < 4.78 is 11.1. The van der Waals surface area contributed by atoms with Gasteiger partial charge in [0.25, 0.3) is 0 Å². The molecule has 2 aromatic rings. The first-order valence-corrected chi connectivity index (χ1v) is 8.11. The average molecular weight is 355 g/mol. The van der Waals surface area contributed by atoms with E-state index in [4.69, 9.17) is 14.6 Å². The van der Waals surface area contributed by atoms with E-state index in [1.54, 1.807) is 25.3 Å². The number of ether oxygens (including phenoxy) is 2. The van der Waals surface area contributed by atoms with E-state index in [1.165, 1.54) is 6.08 Å². The van der Waals surface area contributed by atoms with Crippen molar-refractivity contribution < 1.29 is 24.2 Å². The highest BCUT2D eigenvalue weighted by atomic mass is 16.5. The number of carbonyl (C=O) groups is 2. The van der Waals surface area contributed by atoms with Crippen molar-refractivity contribution in [1.29, 1.82) is 0 Å². The van der Waals surface area contributed by atoms with Crippen molar-refractivity contribution in [1.82, 2.24) is 5.32 Å². The van der Waals surface area contributed by atoms with Gasteiger partial charge in [0.15, 0.2) is 11.5 Å². The van der Waals surface area contributed by atoms with Crippen LogP contribution in [0.25, 0.3) is 6.08 Å². The zero-order valence-corrected chi connectivity index (χ0v) is 14.5. The molecular weight excluding hydrogens is 334 g/mol. The Balaban J connectivity index is 1.95. The van der Waals surface area contributed by atoms with Gasteiger partial charge in [-0.25, -0.2) is 0 Å². The molecule has 0 unspecified atom stereocenters. The molecule has 0 radical (unpaired) electrons. The second-order valence-corrected chi connectivity index (χ2v) is 5.45. The number of rotatable bonds is 9. The molecule has 0 saturated carbocycles. The summed E-state index contributed by atoms with van der Waals surface area (Å²) in [6.45, 7) is 0.520. The molecule has 0 bridgehead atoms. The predicted octanol–water partition coefficient (Wildman–Crippen LogP) is 2.88. The first-order chi connectivity index (χ1) is 12.6. The van der Waals surface area contributed by atoms with E-state index in [1.807, 2.05) is 36.4 Å². The third-order valence-corrected chi connectivity index (χ3v) is 3.49. The van der Waals surface area contributed by atoms with E-state index < -0.39 is 5.97 Å². The van der Waals surface area contributed by atoms with Crippen molar-refractivity contribution in [2.75, 3.05) is 13.7 Å². The Morgan fingerprint density at radius 2 is 1.88 bits per heavy atom. The van der Waals surface area contributed by atoms with Gasteiger partial charge in [0, 0.05) is 12.6 Å². The molecule has 6 heteroatoms. The number of carboxylic acid groups (broad SMARTS) is 1. The van der Waals surface area contributed by atoms with Gasteiger partial charge >= 0.3 is 5.97 Å². The number of hydrogen-bond acceptors (Lipinski definition) is 4. The highest BCUT2D eigenvalue weighted by Gasteiger charge is 2.06. The van der Waals surface area contributed by atoms with E-state index in [-0.39, 0.29) is 18.9 Å². The van der Waals surface area contributed by atoms with Crippen molar-refractivity contribution in [2.45, 2.75) is 13.0 Å². The van der Waals surface area contributed by atoms with Gasteiger partial charge in [-0.05, 0) is 29.3 Å². The maximum atomic E-state index is 11.6. The fourth-order valence-corrected chi connectivity index (χ4v) is 2.17. The van der Waals surface area contributed by atoms with Crippen molar-refractivity contribution in [3.05, 3.63) is 65.7 Å². The molecule has 0 saturated heterocycles. The lowest BCUT2D eigenvalue weighted by Gasteiger charge is -2.11. The zero-order valence-electron chi connectivity index (χ0n) is 14.5. The molecule has 0 atom stereocenters. The number of hydrogen-bond donors (Lipinski definition) is 2. The van der Waals surface area contributed by atoms with E-state index in [0.29, 0.717) is 18.1 Å². The average Bonchev–Trinajstić information content (AvgIpc) is 2.65. The monoisotopic (exact) mass is 355 g/mol. The van der Waals surface area contributed by atoms with Crippen LogP contribution in [0.1, 0.15) is 17.5 Å². The third-order valence-electron chi connectivity index (χ3n) is 3.49. The summed E-state index contributed by atoms with van der Waals surface area (Å²) in [7, 11) is 1.55. The van der Waals surface area contributed by atoms with Crippen LogP contribution in [0.2, 0.25) is 0 Å². The van der Waals surface area contributed by atoms with E-state index in [9.17, 15) is 9.59 Å². The summed E-state index contributed by atoms with van der Waals surface area (Å²) in [6, 6.07) is 15.2. The van der Waals surface area contributed by atoms with Gasteiger partial charge in [0.2, 0.25) is 5.91 Å². The minimum Gasteiger partial charge on any atom is -0.493 e. The zero-order chi connectivity index (χ0) is 18.8. The van der Waals surface area contributed by atoms with Crippen LogP contribution in [0.3, 0.4) is 0 Å². The van der Waals surface area contributed by atoms with Gasteiger partial charge in [0.1, 0.15) is 6.61 Å². The summed E-state index contributed by atoms with van der Waals surface area (Å²) in [5.74, 6) is -0.131. The minimum absolute atomic E-state index is 0.0914. The number of aliphatic carboxylic acids is 1. The minimum atomic E-state index is -0.954. The van der Waals surface area contributed by atoms with Gasteiger partial charge in [-0.1, -0.05) is 36.4 Å². The number of benzene rings is 2. The summed E-state index contributed by atoms with van der Waals surface area (Å²) in [4.78, 5) is 22.0. The fourth-order valence-electron chi connectivity index (χ4n) is 2.17. The topological polar surface area (TPSA) is 84.9 Å². The van der Waals surface area contributed by atoms with Crippen molar-refractivity contribution in [2.24, 2.45) is 0 Å². The highest BCUT2D eigenvalue weighted by Crippen LogP contribution is 2.29. The van der Waals surface area contributed by atoms with Gasteiger partial charge < -0.3 is 19.9 Å². The second-order valence-electron chi connectivity index (χ2n) is 5.45. The molecule has 0 aromatic heterocycles. The molecule has 0 fully saturated rings. The molecular formula is C20H21NO5. The molecule has 0 spiro atoms. The van der Waals surface area contributed by atoms with E-state index >= 15 is 0 Å². The highest BCUT2D eigenvalue weighted by molar-refractivity contribution is 5.92. The second kappa shape index (κ2) is 9.88. The quantitative estimate of drug-likeness (QED) is 0.676. The Morgan fingerprint density at radius 1 is 1.12 bits per heavy atom. The van der Waals surface area contributed by atoms with Crippen LogP contribution in [0.15, 0.2) is 54.6 Å². The summed E-state index contributed by atoms with van der Waals surface area (Å²) >= 11 is 0. The van der Waals surface area contributed by atoms with Gasteiger partial charge in [0.05, 0.1) is 13.5 Å². The van der Waals surface area contributed by atoms with Gasteiger partial charge in [-0.15, -0.1) is 0 Å². The van der Waals surface area contributed by atoms with Crippen LogP contribution < -0.4 is 14.8 Å². The molecule has 0 aliphatic carbocycles. The van der Waals surface area contributed by atoms with Crippen LogP contribution in [-0.4, -0.2) is 30.6 Å². The largest absolute Gasteiger partial charge is 0.493 e. The number of carboxylic acids is 1. The summed E-state index contributed by atoms with van der Waals surface area (Å²) in [5, 5.41) is 11.0. The van der Waals surface area contributed by atoms with Crippen LogP contribution in [0.4, 0.5) is 0 Å². The van der Waals surface area contributed by atoms with Crippen molar-refractivity contribution in [3.8, 4) is 11.5 Å². The molecule has 6 nitrogen and oxygen atoms in total. The number of carbonyl (C=O) groups excluding carboxylic acids is 1. The van der Waals surface area contributed by atoms with Gasteiger partial charge in [-0.3, -0.25) is 9.59 Å². The number of methoxy groups -OCH3 is 1. The lowest BCUT2D eigenvalue weighted by atomic mass is 10.2. The third kappa shape index (κ3) is 6.32. The van der Waals surface area contributed by atoms with Crippen LogP contribution in [-0.2, 0) is 16.2 Å². The maximum absolute atomic E-state index is 11.6. The Bertz CT molecular complexity index is 771. The Hall–Kier alpha value is -3.28. The SMILES string of the molecule is COc1cc(/C=C/C(=O)NCCC(=O)O)ccc1OCc1ccccc1. The molecule has 136 valence electrons. The molecule has 2 N–H and O–H groups in total. The fraction of sp³-hybridized carbons (Fsp3) is 0.200. The molecule has 0 heterocycles. The predicted molar refractivity (Wildman–Crippen MR) is 98.1 cm³/mol. The van der Waals surface area contributed by atoms with Crippen LogP contribution >= 0.6 is 0 Å². The first kappa shape index (κ1) is 19.1. The lowest BCUT2D eigenvalue weighted by molar-refractivity contribution is -0.136. The standard InChI is InChI=1S/C20H21NO5/c1-25-18-13-15(8-10-19(22)21-12-11-20(23)24)7-9-17(18)26-14-16-5-3-2-4-6-16/h2-10,13H,11-12,14H2,1H3,(H,21,22)(H,23,24)/b10-8+. The summed E-state index contributed by atoms with van der Waals surface area (Å²) in [5.41, 5.74) is 1.82. The van der Waals surface area contributed by atoms with Crippen LogP contribution in [0, 0.1) is 0 Å². The molecule has 0 aliphatic heterocycles. The Labute approximate surface area is 152 Å². The Kier molecular flexibility index (Phi) is 7.24. The normalized spacial score (nSPS) is 10.5. The van der Waals surface area contributed by atoms with Gasteiger partial charge in [-0.2, -0.15) is 0 Å². The van der Waals surface area contributed by atoms with Crippen LogP contribution in [0.5, 0.6) is 11.5 Å². The molecule has 2 aromatic carbocycles. The molecule has 0 aliphatic rings. The molecule has 1 amide bonds. The lowest BCUT2D eigenvalue weighted by Crippen LogP contribution is -2.23. The Morgan fingerprint density at radius 3 is 2.58 bits per heavy atom. The van der Waals surface area contributed by atoms with E-state index in [2.05, 4.69) is 5.32 Å². The smallest absolute Gasteiger partial charge is 0.305 e. The van der Waals surface area contributed by atoms with Crippen molar-refractivity contribution in [3.63, 3.8) is 0 Å². The number of amides is 1. The molecule has 2 rings (SSSR count). The van der Waals surface area contributed by atoms with E-state index in [0.717, 1.165) is 11.1 Å². The number of nitrogens with one attached hydrogen (secondary N) is 1. The summed E-state index contributed by atoms with van der Waals surface area (Å²) in [6.07, 6.45) is 2.86.